The van der Waals surface area contributed by atoms with Crippen molar-refractivity contribution in [3.63, 3.8) is 0 Å². The van der Waals surface area contributed by atoms with Crippen LogP contribution in [0.1, 0.15) is 11.1 Å². The second kappa shape index (κ2) is 4.58. The van der Waals surface area contributed by atoms with E-state index in [9.17, 15) is 4.39 Å². The van der Waals surface area contributed by atoms with Crippen molar-refractivity contribution >= 4 is 10.9 Å². The van der Waals surface area contributed by atoms with Gasteiger partial charge in [-0.15, -0.1) is 0 Å². The van der Waals surface area contributed by atoms with E-state index in [1.165, 1.54) is 6.07 Å². The van der Waals surface area contributed by atoms with Gasteiger partial charge in [-0.25, -0.2) is 4.39 Å². The zero-order valence-corrected chi connectivity index (χ0v) is 10.2. The van der Waals surface area contributed by atoms with Crippen molar-refractivity contribution in [3.05, 3.63) is 71.7 Å². The van der Waals surface area contributed by atoms with E-state index >= 15 is 0 Å². The quantitative estimate of drug-likeness (QED) is 0.681. The third-order valence-corrected chi connectivity index (χ3v) is 3.24. The van der Waals surface area contributed by atoms with Gasteiger partial charge in [0.1, 0.15) is 5.82 Å². The number of halogens is 1. The van der Waals surface area contributed by atoms with Crippen molar-refractivity contribution in [2.45, 2.75) is 6.54 Å². The van der Waals surface area contributed by atoms with Crippen molar-refractivity contribution in [2.75, 3.05) is 0 Å². The van der Waals surface area contributed by atoms with Crippen LogP contribution in [0.4, 0.5) is 4.39 Å². The van der Waals surface area contributed by atoms with E-state index in [0.717, 1.165) is 11.1 Å². The molecule has 0 saturated heterocycles. The number of hydrogen-bond donors (Lipinski definition) is 0. The average molecular weight is 250 g/mol. The lowest BCUT2D eigenvalue weighted by Crippen LogP contribution is -2.00. The summed E-state index contributed by atoms with van der Waals surface area (Å²) >= 11 is 0. The van der Waals surface area contributed by atoms with E-state index in [1.54, 1.807) is 18.2 Å². The Morgan fingerprint density at radius 3 is 2.74 bits per heavy atom. The molecule has 0 aliphatic rings. The van der Waals surface area contributed by atoms with E-state index in [4.69, 9.17) is 5.26 Å². The number of nitriles is 1. The maximum atomic E-state index is 13.6. The molecular formula is C16H11FN2. The van der Waals surface area contributed by atoms with Gasteiger partial charge < -0.3 is 4.57 Å². The predicted molar refractivity (Wildman–Crippen MR) is 72.2 cm³/mol. The highest BCUT2D eigenvalue weighted by molar-refractivity contribution is 5.80. The molecule has 0 spiro atoms. The smallest absolute Gasteiger partial charge is 0.132 e. The molecule has 0 unspecified atom stereocenters. The van der Waals surface area contributed by atoms with Crippen LogP contribution in [-0.4, -0.2) is 4.57 Å². The number of benzene rings is 2. The Morgan fingerprint density at radius 2 is 1.89 bits per heavy atom. The number of rotatable bonds is 2. The summed E-state index contributed by atoms with van der Waals surface area (Å²) < 4.78 is 15.6. The van der Waals surface area contributed by atoms with Crippen LogP contribution < -0.4 is 0 Å². The van der Waals surface area contributed by atoms with Gasteiger partial charge in [0.2, 0.25) is 0 Å². The van der Waals surface area contributed by atoms with Crippen LogP contribution in [0, 0.1) is 17.1 Å². The fourth-order valence-electron chi connectivity index (χ4n) is 2.27. The fourth-order valence-corrected chi connectivity index (χ4v) is 2.27. The van der Waals surface area contributed by atoms with Crippen LogP contribution >= 0.6 is 0 Å². The van der Waals surface area contributed by atoms with E-state index in [-0.39, 0.29) is 5.82 Å². The lowest BCUT2D eigenvalue weighted by Gasteiger charge is -2.07. The molecule has 3 heteroatoms. The van der Waals surface area contributed by atoms with Crippen LogP contribution in [0.15, 0.2) is 54.7 Å². The van der Waals surface area contributed by atoms with E-state index in [0.29, 0.717) is 17.5 Å². The normalized spacial score (nSPS) is 10.5. The third kappa shape index (κ3) is 1.98. The van der Waals surface area contributed by atoms with Gasteiger partial charge in [0.15, 0.2) is 0 Å². The molecule has 0 aliphatic heterocycles. The lowest BCUT2D eigenvalue weighted by atomic mass is 10.1. The first-order valence-corrected chi connectivity index (χ1v) is 6.01. The molecule has 0 radical (unpaired) electrons. The number of hydrogen-bond acceptors (Lipinski definition) is 1. The summed E-state index contributed by atoms with van der Waals surface area (Å²) in [7, 11) is 0. The van der Waals surface area contributed by atoms with E-state index in [1.807, 2.05) is 35.0 Å². The summed E-state index contributed by atoms with van der Waals surface area (Å²) in [5.41, 5.74) is 2.43. The summed E-state index contributed by atoms with van der Waals surface area (Å²) in [4.78, 5) is 0. The Morgan fingerprint density at radius 1 is 1.05 bits per heavy atom. The van der Waals surface area contributed by atoms with Gasteiger partial charge in [-0.2, -0.15) is 5.26 Å². The Labute approximate surface area is 110 Å². The molecule has 1 heterocycles. The fraction of sp³-hybridized carbons (Fsp3) is 0.0625. The maximum absolute atomic E-state index is 13.6. The monoisotopic (exact) mass is 250 g/mol. The van der Waals surface area contributed by atoms with Gasteiger partial charge in [-0.3, -0.25) is 0 Å². The zero-order chi connectivity index (χ0) is 13.2. The van der Waals surface area contributed by atoms with Crippen LogP contribution in [0.25, 0.3) is 10.9 Å². The van der Waals surface area contributed by atoms with E-state index in [2.05, 4.69) is 6.07 Å². The zero-order valence-electron chi connectivity index (χ0n) is 10.2. The molecule has 19 heavy (non-hydrogen) atoms. The summed E-state index contributed by atoms with van der Waals surface area (Å²) in [6.07, 6.45) is 1.85. The standard InChI is InChI=1S/C16H11FN2/c17-15-6-3-7-16-14(15)8-9-19(16)11-13-5-2-1-4-12(13)10-18/h1-9H,11H2. The van der Waals surface area contributed by atoms with Crippen LogP contribution in [0.2, 0.25) is 0 Å². The van der Waals surface area contributed by atoms with Crippen molar-refractivity contribution < 1.29 is 4.39 Å². The highest BCUT2D eigenvalue weighted by atomic mass is 19.1. The molecule has 0 atom stereocenters. The van der Waals surface area contributed by atoms with Crippen molar-refractivity contribution in [2.24, 2.45) is 0 Å². The first-order chi connectivity index (χ1) is 9.29. The van der Waals surface area contributed by atoms with Gasteiger partial charge in [-0.05, 0) is 29.8 Å². The van der Waals surface area contributed by atoms with Gasteiger partial charge >= 0.3 is 0 Å². The molecule has 3 aromatic rings. The molecule has 2 nitrogen and oxygen atoms in total. The highest BCUT2D eigenvalue weighted by Gasteiger charge is 2.07. The molecule has 2 aromatic carbocycles. The van der Waals surface area contributed by atoms with Crippen LogP contribution in [0.3, 0.4) is 0 Å². The molecule has 92 valence electrons. The number of fused-ring (bicyclic) bond motifs is 1. The van der Waals surface area contributed by atoms with Crippen LogP contribution in [-0.2, 0) is 6.54 Å². The van der Waals surface area contributed by atoms with Gasteiger partial charge in [-0.1, -0.05) is 24.3 Å². The minimum Gasteiger partial charge on any atom is -0.343 e. The molecule has 1 aromatic heterocycles. The minimum absolute atomic E-state index is 0.218. The second-order valence-corrected chi connectivity index (χ2v) is 4.39. The first kappa shape index (κ1) is 11.5. The second-order valence-electron chi connectivity index (χ2n) is 4.39. The number of nitrogens with zero attached hydrogens (tertiary/aromatic N) is 2. The predicted octanol–water partition coefficient (Wildman–Crippen LogP) is 3.70. The summed E-state index contributed by atoms with van der Waals surface area (Å²) in [5, 5.41) is 9.69. The van der Waals surface area contributed by atoms with Gasteiger partial charge in [0, 0.05) is 18.1 Å². The summed E-state index contributed by atoms with van der Waals surface area (Å²) in [6.45, 7) is 0.566. The van der Waals surface area contributed by atoms with Crippen molar-refractivity contribution in [3.8, 4) is 6.07 Å². The third-order valence-electron chi connectivity index (χ3n) is 3.24. The topological polar surface area (TPSA) is 28.7 Å². The molecule has 0 N–H and O–H groups in total. The summed E-state index contributed by atoms with van der Waals surface area (Å²) in [6, 6.07) is 16.4. The van der Waals surface area contributed by atoms with Crippen molar-refractivity contribution in [1.29, 1.82) is 5.26 Å². The Hall–Kier alpha value is -2.60. The SMILES string of the molecule is N#Cc1ccccc1Cn1ccc2c(F)cccc21. The van der Waals surface area contributed by atoms with Crippen molar-refractivity contribution in [1.82, 2.24) is 4.57 Å². The molecule has 0 fully saturated rings. The molecule has 3 rings (SSSR count). The Bertz CT molecular complexity index is 781. The highest BCUT2D eigenvalue weighted by Crippen LogP contribution is 2.20. The Kier molecular flexibility index (Phi) is 2.77. The van der Waals surface area contributed by atoms with Crippen LogP contribution in [0.5, 0.6) is 0 Å². The average Bonchev–Trinajstić information content (AvgIpc) is 2.84. The number of aromatic nitrogens is 1. The van der Waals surface area contributed by atoms with Gasteiger partial charge in [0.25, 0.3) is 0 Å². The van der Waals surface area contributed by atoms with E-state index < -0.39 is 0 Å². The lowest BCUT2D eigenvalue weighted by molar-refractivity contribution is 0.639. The summed E-state index contributed by atoms with van der Waals surface area (Å²) in [5.74, 6) is -0.218. The molecule has 0 bridgehead atoms. The Balaban J connectivity index is 2.07. The molecule has 0 aliphatic carbocycles. The molecular weight excluding hydrogens is 239 g/mol. The minimum atomic E-state index is -0.218. The molecule has 0 saturated carbocycles. The largest absolute Gasteiger partial charge is 0.343 e. The first-order valence-electron chi connectivity index (χ1n) is 6.01. The maximum Gasteiger partial charge on any atom is 0.132 e. The van der Waals surface area contributed by atoms with Gasteiger partial charge in [0.05, 0.1) is 17.1 Å². The molecule has 0 amide bonds.